The number of rotatable bonds is 6. The fraction of sp³-hybridized carbons (Fsp3) is 0.833. The van der Waals surface area contributed by atoms with Crippen LogP contribution in [-0.4, -0.2) is 50.0 Å². The summed E-state index contributed by atoms with van der Waals surface area (Å²) in [6.07, 6.45) is -2.05. The third-order valence-electron chi connectivity index (χ3n) is 3.09. The van der Waals surface area contributed by atoms with Crippen LogP contribution in [0.4, 0.5) is 13.2 Å². The first-order chi connectivity index (χ1) is 8.47. The van der Waals surface area contributed by atoms with Crippen molar-refractivity contribution in [1.29, 1.82) is 0 Å². The molecule has 2 N–H and O–H groups in total. The molecule has 0 spiro atoms. The van der Waals surface area contributed by atoms with Crippen LogP contribution in [0, 0.1) is 0 Å². The van der Waals surface area contributed by atoms with Crippen molar-refractivity contribution < 1.29 is 17.9 Å². The van der Waals surface area contributed by atoms with Gasteiger partial charge < -0.3 is 10.5 Å². The van der Waals surface area contributed by atoms with E-state index >= 15 is 0 Å². The molecule has 0 saturated carbocycles. The second-order valence-electron chi connectivity index (χ2n) is 4.38. The van der Waals surface area contributed by atoms with Crippen molar-refractivity contribution in [1.82, 2.24) is 4.90 Å². The van der Waals surface area contributed by atoms with Gasteiger partial charge in [-0.15, -0.1) is 0 Å². The Morgan fingerprint density at radius 1 is 1.50 bits per heavy atom. The van der Waals surface area contributed by atoms with Crippen LogP contribution >= 0.6 is 0 Å². The van der Waals surface area contributed by atoms with Crippen LogP contribution in [0.3, 0.4) is 0 Å². The Bertz CT molecular complexity index is 279. The Hall–Kier alpha value is -0.590. The fourth-order valence-electron chi connectivity index (χ4n) is 2.00. The molecule has 18 heavy (non-hydrogen) atoms. The molecule has 0 aromatic carbocycles. The predicted octanol–water partition coefficient (Wildman–Crippen LogP) is 1.93. The Balaban J connectivity index is 2.33. The van der Waals surface area contributed by atoms with Gasteiger partial charge in [0.05, 0.1) is 6.10 Å². The lowest BCUT2D eigenvalue weighted by molar-refractivity contribution is -0.0961. The zero-order valence-corrected chi connectivity index (χ0v) is 10.7. The van der Waals surface area contributed by atoms with Gasteiger partial charge in [0.25, 0.3) is 0 Å². The summed E-state index contributed by atoms with van der Waals surface area (Å²) in [6, 6.07) is 0. The van der Waals surface area contributed by atoms with Gasteiger partial charge in [-0.1, -0.05) is 6.08 Å². The predicted molar refractivity (Wildman–Crippen MR) is 64.3 cm³/mol. The number of alkyl halides is 3. The lowest BCUT2D eigenvalue weighted by atomic mass is 10.1. The number of halogens is 3. The van der Waals surface area contributed by atoms with Crippen LogP contribution in [0.15, 0.2) is 11.6 Å². The van der Waals surface area contributed by atoms with E-state index in [1.165, 1.54) is 6.08 Å². The first-order valence-corrected chi connectivity index (χ1v) is 6.27. The van der Waals surface area contributed by atoms with Gasteiger partial charge in [0.2, 0.25) is 0 Å². The molecule has 0 radical (unpaired) electrons. The zero-order chi connectivity index (χ0) is 13.6. The lowest BCUT2D eigenvalue weighted by Crippen LogP contribution is -2.35. The van der Waals surface area contributed by atoms with Crippen LogP contribution < -0.4 is 5.73 Å². The molecule has 0 aromatic rings. The molecule has 0 aromatic heterocycles. The van der Waals surface area contributed by atoms with Gasteiger partial charge in [-0.3, -0.25) is 4.90 Å². The van der Waals surface area contributed by atoms with Crippen molar-refractivity contribution in [3.8, 4) is 0 Å². The van der Waals surface area contributed by atoms with Crippen LogP contribution in [0.2, 0.25) is 0 Å². The highest BCUT2D eigenvalue weighted by molar-refractivity contribution is 5.12. The van der Waals surface area contributed by atoms with Crippen LogP contribution in [-0.2, 0) is 4.74 Å². The molecule has 0 amide bonds. The molecular formula is C12H21F3N2O. The van der Waals surface area contributed by atoms with Gasteiger partial charge in [0.1, 0.15) is 0 Å². The molecule has 1 aliphatic heterocycles. The highest BCUT2D eigenvalue weighted by Crippen LogP contribution is 2.30. The standard InChI is InChI=1S/C12H21F3N2O/c1-2-18-11(9-16)5-8-17-6-3-10(4-7-17)12(13,14)15/h3,11H,2,4-9,16H2,1H3. The smallest absolute Gasteiger partial charge is 0.377 e. The molecule has 1 aliphatic rings. The van der Waals surface area contributed by atoms with Crippen LogP contribution in [0.25, 0.3) is 0 Å². The fourth-order valence-corrected chi connectivity index (χ4v) is 2.00. The minimum atomic E-state index is -4.17. The van der Waals surface area contributed by atoms with Crippen molar-refractivity contribution in [3.63, 3.8) is 0 Å². The van der Waals surface area contributed by atoms with Crippen molar-refractivity contribution in [2.75, 3.05) is 32.8 Å². The summed E-state index contributed by atoms with van der Waals surface area (Å²) in [7, 11) is 0. The topological polar surface area (TPSA) is 38.5 Å². The summed E-state index contributed by atoms with van der Waals surface area (Å²) in [5, 5.41) is 0. The Morgan fingerprint density at radius 2 is 2.22 bits per heavy atom. The summed E-state index contributed by atoms with van der Waals surface area (Å²) in [5.74, 6) is 0. The van der Waals surface area contributed by atoms with Crippen molar-refractivity contribution in [2.24, 2.45) is 5.73 Å². The molecule has 106 valence electrons. The Labute approximate surface area is 106 Å². The van der Waals surface area contributed by atoms with Crippen LogP contribution in [0.5, 0.6) is 0 Å². The van der Waals surface area contributed by atoms with E-state index in [2.05, 4.69) is 0 Å². The SMILES string of the molecule is CCOC(CN)CCN1CC=C(C(F)(F)F)CC1. The summed E-state index contributed by atoms with van der Waals surface area (Å²) < 4.78 is 42.7. The third kappa shape index (κ3) is 4.96. The molecule has 1 atom stereocenters. The first kappa shape index (κ1) is 15.5. The molecule has 1 unspecified atom stereocenters. The van der Waals surface area contributed by atoms with Gasteiger partial charge in [-0.05, 0) is 19.8 Å². The van der Waals surface area contributed by atoms with E-state index in [0.29, 0.717) is 26.2 Å². The minimum Gasteiger partial charge on any atom is -0.377 e. The lowest BCUT2D eigenvalue weighted by Gasteiger charge is -2.28. The van der Waals surface area contributed by atoms with Crippen molar-refractivity contribution in [2.45, 2.75) is 32.0 Å². The van der Waals surface area contributed by atoms with E-state index < -0.39 is 11.7 Å². The molecule has 3 nitrogen and oxygen atoms in total. The maximum absolute atomic E-state index is 12.4. The number of ether oxygens (including phenoxy) is 1. The molecule has 1 rings (SSSR count). The average molecular weight is 266 g/mol. The van der Waals surface area contributed by atoms with Crippen molar-refractivity contribution in [3.05, 3.63) is 11.6 Å². The molecule has 1 heterocycles. The molecule has 0 saturated heterocycles. The van der Waals surface area contributed by atoms with Crippen molar-refractivity contribution >= 4 is 0 Å². The van der Waals surface area contributed by atoms with E-state index in [0.717, 1.165) is 13.0 Å². The number of hydrogen-bond acceptors (Lipinski definition) is 3. The van der Waals surface area contributed by atoms with E-state index in [1.807, 2.05) is 11.8 Å². The summed E-state index contributed by atoms with van der Waals surface area (Å²) in [6.45, 7) is 4.50. The second-order valence-corrected chi connectivity index (χ2v) is 4.38. The second kappa shape index (κ2) is 7.11. The Morgan fingerprint density at radius 3 is 2.67 bits per heavy atom. The van der Waals surface area contributed by atoms with Gasteiger partial charge in [0.15, 0.2) is 0 Å². The largest absolute Gasteiger partial charge is 0.412 e. The summed E-state index contributed by atoms with van der Waals surface area (Å²) in [4.78, 5) is 2.00. The molecular weight excluding hydrogens is 245 g/mol. The molecule has 0 bridgehead atoms. The van der Waals surface area contributed by atoms with E-state index in [4.69, 9.17) is 10.5 Å². The van der Waals surface area contributed by atoms with Gasteiger partial charge in [-0.25, -0.2) is 0 Å². The third-order valence-corrected chi connectivity index (χ3v) is 3.09. The number of nitrogens with zero attached hydrogens (tertiary/aromatic N) is 1. The molecule has 0 aliphatic carbocycles. The molecule has 6 heteroatoms. The molecule has 0 fully saturated rings. The number of nitrogens with two attached hydrogens (primary N) is 1. The quantitative estimate of drug-likeness (QED) is 0.747. The van der Waals surface area contributed by atoms with Gasteiger partial charge >= 0.3 is 6.18 Å². The maximum Gasteiger partial charge on any atom is 0.412 e. The summed E-state index contributed by atoms with van der Waals surface area (Å²) >= 11 is 0. The monoisotopic (exact) mass is 266 g/mol. The highest BCUT2D eigenvalue weighted by Gasteiger charge is 2.34. The average Bonchev–Trinajstić information content (AvgIpc) is 2.34. The van der Waals surface area contributed by atoms with E-state index in [1.54, 1.807) is 0 Å². The normalized spacial score (nSPS) is 19.7. The highest BCUT2D eigenvalue weighted by atomic mass is 19.4. The zero-order valence-electron chi connectivity index (χ0n) is 10.7. The van der Waals surface area contributed by atoms with Gasteiger partial charge in [-0.2, -0.15) is 13.2 Å². The van der Waals surface area contributed by atoms with Gasteiger partial charge in [0, 0.05) is 38.4 Å². The van der Waals surface area contributed by atoms with Crippen LogP contribution in [0.1, 0.15) is 19.8 Å². The van der Waals surface area contributed by atoms with E-state index in [9.17, 15) is 13.2 Å². The van der Waals surface area contributed by atoms with E-state index in [-0.39, 0.29) is 12.5 Å². The Kier molecular flexibility index (Phi) is 6.11. The first-order valence-electron chi connectivity index (χ1n) is 6.27. The maximum atomic E-state index is 12.4. The number of hydrogen-bond donors (Lipinski definition) is 1. The summed E-state index contributed by atoms with van der Waals surface area (Å²) in [5.41, 5.74) is 5.15. The minimum absolute atomic E-state index is 0.00277.